The molecule has 0 aliphatic carbocycles. The van der Waals surface area contributed by atoms with Crippen molar-refractivity contribution in [1.82, 2.24) is 20.9 Å². The quantitative estimate of drug-likeness (QED) is 0.182. The van der Waals surface area contributed by atoms with Crippen molar-refractivity contribution < 1.29 is 33.1 Å². The molecule has 11 nitrogen and oxygen atoms in total. The van der Waals surface area contributed by atoms with Crippen LogP contribution in [0, 0.1) is 5.92 Å². The van der Waals surface area contributed by atoms with Crippen LogP contribution in [-0.4, -0.2) is 79.3 Å². The number of alkyl carbamates (subject to hydrolysis) is 1. The molecular formula is C39H66N4O7Si. The molecule has 0 spiro atoms. The van der Waals surface area contributed by atoms with E-state index in [2.05, 4.69) is 64.4 Å². The van der Waals surface area contributed by atoms with Gasteiger partial charge in [-0.25, -0.2) is 4.79 Å². The molecule has 288 valence electrons. The SMILES string of the molecule is CCCC[Si](OC(=O)[C@H](Cc1ccccc1)NC(=O)[C@@H]1CCCN1C(=O)[C@@H](NC(=O)[C@H](C)NC(=O)OC(C)(C)C)C(C)C)(C(C)(C)C)C(C)(C)C. The van der Waals surface area contributed by atoms with Gasteiger partial charge in [-0.05, 0) is 68.1 Å². The first-order chi connectivity index (χ1) is 23.4. The summed E-state index contributed by atoms with van der Waals surface area (Å²) in [5.74, 6) is -2.13. The first-order valence-corrected chi connectivity index (χ1v) is 20.7. The van der Waals surface area contributed by atoms with Crippen molar-refractivity contribution in [3.05, 3.63) is 35.9 Å². The third-order valence-electron chi connectivity index (χ3n) is 9.66. The van der Waals surface area contributed by atoms with E-state index in [1.165, 1.54) is 11.8 Å². The van der Waals surface area contributed by atoms with Crippen molar-refractivity contribution in [3.63, 3.8) is 0 Å². The maximum atomic E-state index is 14.4. The molecular weight excluding hydrogens is 665 g/mol. The van der Waals surface area contributed by atoms with Gasteiger partial charge in [0.05, 0.1) is 0 Å². The predicted molar refractivity (Wildman–Crippen MR) is 203 cm³/mol. The Kier molecular flexibility index (Phi) is 15.3. The summed E-state index contributed by atoms with van der Waals surface area (Å²) in [7, 11) is -2.79. The zero-order valence-electron chi connectivity index (χ0n) is 33.5. The maximum Gasteiger partial charge on any atom is 0.408 e. The molecule has 0 aromatic heterocycles. The van der Waals surface area contributed by atoms with Gasteiger partial charge in [0.2, 0.25) is 17.7 Å². The molecule has 51 heavy (non-hydrogen) atoms. The van der Waals surface area contributed by atoms with Gasteiger partial charge >= 0.3 is 12.1 Å². The fourth-order valence-corrected chi connectivity index (χ4v) is 12.8. The van der Waals surface area contributed by atoms with Crippen LogP contribution in [0.4, 0.5) is 4.79 Å². The Hall–Kier alpha value is -3.41. The second-order valence-corrected chi connectivity index (χ2v) is 22.7. The summed E-state index contributed by atoms with van der Waals surface area (Å²) in [5.41, 5.74) is 0.140. The minimum absolute atomic E-state index is 0.242. The third kappa shape index (κ3) is 12.1. The monoisotopic (exact) mass is 730 g/mol. The fraction of sp³-hybridized carbons (Fsp3) is 0.718. The van der Waals surface area contributed by atoms with Gasteiger partial charge < -0.3 is 30.0 Å². The van der Waals surface area contributed by atoms with Crippen LogP contribution < -0.4 is 16.0 Å². The first kappa shape index (κ1) is 43.7. The van der Waals surface area contributed by atoms with Crippen LogP contribution in [0.5, 0.6) is 0 Å². The molecule has 1 aromatic rings. The second-order valence-electron chi connectivity index (χ2n) is 17.4. The standard InChI is InChI=1S/C39H66N4O7Si/c1-14-15-24-51(38(8,9)10,39(11,12)13)50-35(47)29(25-28-20-17-16-18-21-28)41-33(45)30-22-19-23-43(30)34(46)31(26(2)3)42-32(44)27(4)40-36(48)49-37(5,6)7/h16-18,20-21,26-27,29-31H,14-15,19,22-25H2,1-13H3,(H,40,48)(H,41,45)(H,42,44)/t27-,29-,30-,31-/m0/s1. The summed E-state index contributed by atoms with van der Waals surface area (Å²) in [5, 5.41) is 7.78. The van der Waals surface area contributed by atoms with E-state index >= 15 is 0 Å². The van der Waals surface area contributed by atoms with E-state index < -0.39 is 67.9 Å². The Balaban J connectivity index is 2.35. The average molecular weight is 731 g/mol. The lowest BCUT2D eigenvalue weighted by molar-refractivity contribution is -0.145. The van der Waals surface area contributed by atoms with Crippen molar-refractivity contribution in [3.8, 4) is 0 Å². The molecule has 0 saturated carbocycles. The number of carbonyl (C=O) groups is 5. The molecule has 4 amide bonds. The van der Waals surface area contributed by atoms with Gasteiger partial charge in [0.15, 0.2) is 0 Å². The first-order valence-electron chi connectivity index (χ1n) is 18.6. The highest BCUT2D eigenvalue weighted by molar-refractivity contribution is 6.80. The van der Waals surface area contributed by atoms with E-state index in [1.54, 1.807) is 20.8 Å². The maximum absolute atomic E-state index is 14.4. The Bertz CT molecular complexity index is 1330. The van der Waals surface area contributed by atoms with Gasteiger partial charge in [0, 0.05) is 13.0 Å². The molecule has 0 unspecified atom stereocenters. The summed E-state index contributed by atoms with van der Waals surface area (Å²) in [4.78, 5) is 69.4. The summed E-state index contributed by atoms with van der Waals surface area (Å²) in [6.07, 6.45) is 2.42. The number of hydrogen-bond acceptors (Lipinski definition) is 7. The molecule has 3 N–H and O–H groups in total. The zero-order chi connectivity index (χ0) is 38.9. The number of rotatable bonds is 14. The lowest BCUT2D eigenvalue weighted by Crippen LogP contribution is -2.60. The number of amides is 4. The number of nitrogens with zero attached hydrogens (tertiary/aromatic N) is 1. The zero-order valence-corrected chi connectivity index (χ0v) is 34.5. The van der Waals surface area contributed by atoms with Gasteiger partial charge in [-0.1, -0.05) is 105 Å². The van der Waals surface area contributed by atoms with Gasteiger partial charge in [-0.15, -0.1) is 0 Å². The van der Waals surface area contributed by atoms with Gasteiger partial charge in [-0.2, -0.15) is 0 Å². The van der Waals surface area contributed by atoms with E-state index in [0.717, 1.165) is 24.4 Å². The van der Waals surface area contributed by atoms with Crippen molar-refractivity contribution >= 4 is 38.1 Å². The third-order valence-corrected chi connectivity index (χ3v) is 16.1. The molecule has 1 aliphatic heterocycles. The average Bonchev–Trinajstić information content (AvgIpc) is 3.49. The van der Waals surface area contributed by atoms with Crippen molar-refractivity contribution in [2.45, 2.75) is 168 Å². The summed E-state index contributed by atoms with van der Waals surface area (Å²) in [6.45, 7) is 25.7. The number of ether oxygens (including phenoxy) is 1. The van der Waals surface area contributed by atoms with Crippen LogP contribution >= 0.6 is 0 Å². The highest BCUT2D eigenvalue weighted by atomic mass is 28.4. The number of carbonyl (C=O) groups excluding carboxylic acids is 5. The van der Waals surface area contributed by atoms with Gasteiger partial charge in [0.1, 0.15) is 29.8 Å². The number of benzene rings is 1. The molecule has 1 aliphatic rings. The molecule has 12 heteroatoms. The van der Waals surface area contributed by atoms with E-state index in [9.17, 15) is 24.0 Å². The lowest BCUT2D eigenvalue weighted by Gasteiger charge is -2.50. The largest absolute Gasteiger partial charge is 0.516 e. The van der Waals surface area contributed by atoms with E-state index in [0.29, 0.717) is 19.4 Å². The minimum Gasteiger partial charge on any atom is -0.516 e. The van der Waals surface area contributed by atoms with Crippen molar-refractivity contribution in [1.29, 1.82) is 0 Å². The molecule has 1 saturated heterocycles. The van der Waals surface area contributed by atoms with Gasteiger partial charge in [-0.3, -0.25) is 19.2 Å². The number of unbranched alkanes of at least 4 members (excludes halogenated alkanes) is 1. The Labute approximate surface area is 307 Å². The summed E-state index contributed by atoms with van der Waals surface area (Å²) >= 11 is 0. The number of likely N-dealkylation sites (tertiary alicyclic amines) is 1. The number of hydrogen-bond donors (Lipinski definition) is 3. The summed E-state index contributed by atoms with van der Waals surface area (Å²) in [6, 6.07) is 6.64. The molecule has 1 fully saturated rings. The molecule has 1 heterocycles. The van der Waals surface area contributed by atoms with Crippen LogP contribution in [0.15, 0.2) is 30.3 Å². The molecule has 4 atom stereocenters. The Morgan fingerprint density at radius 1 is 0.882 bits per heavy atom. The Morgan fingerprint density at radius 2 is 1.47 bits per heavy atom. The highest BCUT2D eigenvalue weighted by Crippen LogP contribution is 2.54. The highest BCUT2D eigenvalue weighted by Gasteiger charge is 2.57. The molecule has 0 radical (unpaired) electrons. The van der Waals surface area contributed by atoms with E-state index in [-0.39, 0.29) is 22.4 Å². The van der Waals surface area contributed by atoms with Crippen molar-refractivity contribution in [2.24, 2.45) is 5.92 Å². The molecule has 2 rings (SSSR count). The molecule has 0 bridgehead atoms. The van der Waals surface area contributed by atoms with Crippen LogP contribution in [0.1, 0.15) is 121 Å². The molecule has 1 aromatic carbocycles. The second kappa shape index (κ2) is 17.9. The number of nitrogens with one attached hydrogen (secondary N) is 3. The predicted octanol–water partition coefficient (Wildman–Crippen LogP) is 6.65. The van der Waals surface area contributed by atoms with Crippen molar-refractivity contribution in [2.75, 3.05) is 6.54 Å². The fourth-order valence-electron chi connectivity index (χ4n) is 7.04. The van der Waals surface area contributed by atoms with Gasteiger partial charge in [0.25, 0.3) is 8.32 Å². The lowest BCUT2D eigenvalue weighted by atomic mass is 10.0. The van der Waals surface area contributed by atoms with Crippen LogP contribution in [-0.2, 0) is 34.8 Å². The van der Waals surface area contributed by atoms with E-state index in [4.69, 9.17) is 9.16 Å². The smallest absolute Gasteiger partial charge is 0.408 e. The minimum atomic E-state index is -2.79. The van der Waals surface area contributed by atoms with Crippen LogP contribution in [0.3, 0.4) is 0 Å². The topological polar surface area (TPSA) is 143 Å². The van der Waals surface area contributed by atoms with Crippen LogP contribution in [0.2, 0.25) is 16.1 Å². The Morgan fingerprint density at radius 3 is 1.98 bits per heavy atom. The summed E-state index contributed by atoms with van der Waals surface area (Å²) < 4.78 is 12.0. The normalized spacial score (nSPS) is 17.3. The van der Waals surface area contributed by atoms with E-state index in [1.807, 2.05) is 44.2 Å². The van der Waals surface area contributed by atoms with Crippen LogP contribution in [0.25, 0.3) is 0 Å².